The number of hydrogen-bond donors (Lipinski definition) is 9. The largest absolute Gasteiger partial charge is 0.481 e. The summed E-state index contributed by atoms with van der Waals surface area (Å²) in [6.07, 6.45) is 0.115. The van der Waals surface area contributed by atoms with Crippen LogP contribution in [0.1, 0.15) is 44.2 Å². The van der Waals surface area contributed by atoms with E-state index in [1.807, 2.05) is 0 Å². The Morgan fingerprint density at radius 1 is 0.789 bits per heavy atom. The van der Waals surface area contributed by atoms with Gasteiger partial charge < -0.3 is 47.7 Å². The molecule has 1 heterocycles. The summed E-state index contributed by atoms with van der Waals surface area (Å²) in [4.78, 5) is 89.3. The van der Waals surface area contributed by atoms with Gasteiger partial charge in [-0.15, -0.1) is 0 Å². The smallest absolute Gasteiger partial charge is 0.326 e. The van der Waals surface area contributed by atoms with E-state index in [0.717, 1.165) is 0 Å². The van der Waals surface area contributed by atoms with Crippen molar-refractivity contribution >= 4 is 41.5 Å². The summed E-state index contributed by atoms with van der Waals surface area (Å²) in [6.45, 7) is 0. The predicted molar refractivity (Wildman–Crippen MR) is 126 cm³/mol. The Hall–Kier alpha value is -4.54. The van der Waals surface area contributed by atoms with E-state index in [1.54, 1.807) is 0 Å². The van der Waals surface area contributed by atoms with Gasteiger partial charge in [0.25, 0.3) is 0 Å². The molecule has 0 aliphatic carbocycles. The Morgan fingerprint density at radius 2 is 1.26 bits per heavy atom. The number of nitrogens with zero attached hydrogens (tertiary/aromatic N) is 1. The van der Waals surface area contributed by atoms with Gasteiger partial charge in [-0.2, -0.15) is 0 Å². The monoisotopic (exact) mass is 541 g/mol. The van der Waals surface area contributed by atoms with E-state index in [-0.39, 0.29) is 19.3 Å². The van der Waals surface area contributed by atoms with Crippen LogP contribution in [-0.4, -0.2) is 91.0 Å². The number of nitrogens with one attached hydrogen (secondary N) is 4. The molecule has 1 rings (SSSR count). The number of carboxylic acids is 3. The van der Waals surface area contributed by atoms with Crippen LogP contribution in [0.4, 0.5) is 0 Å². The van der Waals surface area contributed by atoms with Crippen molar-refractivity contribution in [1.82, 2.24) is 25.9 Å². The zero-order valence-electron chi connectivity index (χ0n) is 20.2. The molecule has 4 atom stereocenters. The summed E-state index contributed by atoms with van der Waals surface area (Å²) in [7, 11) is 0. The van der Waals surface area contributed by atoms with Crippen LogP contribution in [0, 0.1) is 0 Å². The van der Waals surface area contributed by atoms with Crippen molar-refractivity contribution in [2.45, 2.75) is 69.1 Å². The number of amides is 4. The molecule has 0 aromatic carbocycles. The molecule has 11 N–H and O–H groups in total. The molecule has 17 heteroatoms. The molecule has 38 heavy (non-hydrogen) atoms. The fraction of sp³-hybridized carbons (Fsp3) is 0.524. The lowest BCUT2D eigenvalue weighted by molar-refractivity contribution is -0.143. The SMILES string of the molecule is NC(=O)CCC(NC(=O)C(CCC(=O)O)NC(=O)C(N)Cc1cnc[nH]1)C(=O)NC(CCC(=O)O)C(=O)O. The normalized spacial score (nSPS) is 13.8. The fourth-order valence-corrected chi connectivity index (χ4v) is 3.17. The summed E-state index contributed by atoms with van der Waals surface area (Å²) in [5, 5.41) is 33.8. The van der Waals surface area contributed by atoms with Gasteiger partial charge in [0.15, 0.2) is 0 Å². The Kier molecular flexibility index (Phi) is 12.9. The van der Waals surface area contributed by atoms with E-state index in [9.17, 15) is 38.7 Å². The first-order chi connectivity index (χ1) is 17.8. The second kappa shape index (κ2) is 15.5. The summed E-state index contributed by atoms with van der Waals surface area (Å²) >= 11 is 0. The molecule has 1 aromatic rings. The highest BCUT2D eigenvalue weighted by Crippen LogP contribution is 2.06. The van der Waals surface area contributed by atoms with E-state index < -0.39 is 91.4 Å². The molecular weight excluding hydrogens is 510 g/mol. The van der Waals surface area contributed by atoms with Gasteiger partial charge in [0, 0.05) is 37.6 Å². The third kappa shape index (κ3) is 11.9. The topological polar surface area (TPSA) is 297 Å². The molecule has 4 amide bonds. The number of aromatic nitrogens is 2. The van der Waals surface area contributed by atoms with Gasteiger partial charge in [-0.1, -0.05) is 0 Å². The second-order valence-electron chi connectivity index (χ2n) is 8.28. The third-order valence-electron chi connectivity index (χ3n) is 5.19. The van der Waals surface area contributed by atoms with Crippen LogP contribution in [0.3, 0.4) is 0 Å². The number of hydrogen-bond acceptors (Lipinski definition) is 9. The molecule has 0 radical (unpaired) electrons. The molecule has 0 saturated carbocycles. The van der Waals surface area contributed by atoms with E-state index in [1.165, 1.54) is 12.5 Å². The van der Waals surface area contributed by atoms with Crippen molar-refractivity contribution < 1.29 is 48.9 Å². The number of rotatable bonds is 18. The Bertz CT molecular complexity index is 1010. The molecule has 0 aliphatic heterocycles. The van der Waals surface area contributed by atoms with Crippen molar-refractivity contribution in [3.05, 3.63) is 18.2 Å². The fourth-order valence-electron chi connectivity index (χ4n) is 3.17. The summed E-state index contributed by atoms with van der Waals surface area (Å²) in [5.41, 5.74) is 11.5. The zero-order chi connectivity index (χ0) is 28.8. The maximum absolute atomic E-state index is 13.0. The van der Waals surface area contributed by atoms with Crippen molar-refractivity contribution in [1.29, 1.82) is 0 Å². The van der Waals surface area contributed by atoms with Crippen molar-refractivity contribution in [2.24, 2.45) is 11.5 Å². The number of primary amides is 1. The number of aromatic amines is 1. The average molecular weight is 542 g/mol. The molecule has 210 valence electrons. The van der Waals surface area contributed by atoms with Crippen LogP contribution in [0.5, 0.6) is 0 Å². The number of nitrogens with two attached hydrogens (primary N) is 2. The van der Waals surface area contributed by atoms with Gasteiger partial charge >= 0.3 is 17.9 Å². The van der Waals surface area contributed by atoms with Crippen LogP contribution in [0.15, 0.2) is 12.5 Å². The highest BCUT2D eigenvalue weighted by Gasteiger charge is 2.31. The van der Waals surface area contributed by atoms with Gasteiger partial charge in [-0.3, -0.25) is 28.8 Å². The highest BCUT2D eigenvalue weighted by atomic mass is 16.4. The lowest BCUT2D eigenvalue weighted by Crippen LogP contribution is -2.57. The Balaban J connectivity index is 3.01. The summed E-state index contributed by atoms with van der Waals surface area (Å²) in [6, 6.07) is -5.74. The van der Waals surface area contributed by atoms with Crippen molar-refractivity contribution in [3.63, 3.8) is 0 Å². The first kappa shape index (κ1) is 31.5. The van der Waals surface area contributed by atoms with Gasteiger partial charge in [0.05, 0.1) is 12.4 Å². The van der Waals surface area contributed by atoms with Crippen LogP contribution >= 0.6 is 0 Å². The number of imidazole rings is 1. The molecule has 0 aliphatic rings. The maximum atomic E-state index is 13.0. The van der Waals surface area contributed by atoms with Crippen molar-refractivity contribution in [3.8, 4) is 0 Å². The first-order valence-electron chi connectivity index (χ1n) is 11.4. The average Bonchev–Trinajstić information content (AvgIpc) is 3.33. The minimum Gasteiger partial charge on any atom is -0.481 e. The van der Waals surface area contributed by atoms with E-state index >= 15 is 0 Å². The zero-order valence-corrected chi connectivity index (χ0v) is 20.2. The molecule has 0 saturated heterocycles. The number of H-pyrrole nitrogens is 1. The van der Waals surface area contributed by atoms with Gasteiger partial charge in [0.2, 0.25) is 23.6 Å². The van der Waals surface area contributed by atoms with Gasteiger partial charge in [-0.05, 0) is 19.3 Å². The number of aliphatic carboxylic acids is 3. The van der Waals surface area contributed by atoms with E-state index in [0.29, 0.717) is 5.69 Å². The molecule has 1 aromatic heterocycles. The molecule has 0 spiro atoms. The quantitative estimate of drug-likeness (QED) is 0.0888. The highest BCUT2D eigenvalue weighted by molar-refractivity contribution is 5.94. The molecule has 0 bridgehead atoms. The van der Waals surface area contributed by atoms with Crippen LogP contribution in [0.25, 0.3) is 0 Å². The maximum Gasteiger partial charge on any atom is 0.326 e. The van der Waals surface area contributed by atoms with Gasteiger partial charge in [-0.25, -0.2) is 9.78 Å². The van der Waals surface area contributed by atoms with E-state index in [2.05, 4.69) is 25.9 Å². The predicted octanol–water partition coefficient (Wildman–Crippen LogP) is -3.19. The lowest BCUT2D eigenvalue weighted by atomic mass is 10.1. The molecule has 0 fully saturated rings. The first-order valence-corrected chi connectivity index (χ1v) is 11.4. The van der Waals surface area contributed by atoms with Crippen LogP contribution < -0.4 is 27.4 Å². The Labute approximate surface area is 215 Å². The third-order valence-corrected chi connectivity index (χ3v) is 5.19. The number of carboxylic acid groups (broad SMARTS) is 3. The lowest BCUT2D eigenvalue weighted by Gasteiger charge is -2.25. The molecular formula is C21H31N7O10. The van der Waals surface area contributed by atoms with Crippen molar-refractivity contribution in [2.75, 3.05) is 0 Å². The number of carbonyl (C=O) groups excluding carboxylic acids is 4. The standard InChI is InChI=1S/C21H31N7O10/c22-11(7-10-8-24-9-25-10)18(34)26-13(2-5-16(30)31)19(35)27-12(1-4-15(23)29)20(36)28-14(21(37)38)3-6-17(32)33/h8-9,11-14H,1-7,22H2,(H2,23,29)(H,24,25)(H,26,34)(H,27,35)(H,28,36)(H,30,31)(H,32,33)(H,37,38). The van der Waals surface area contributed by atoms with Crippen LogP contribution in [-0.2, 0) is 40.0 Å². The molecule has 4 unspecified atom stereocenters. The summed E-state index contributed by atoms with van der Waals surface area (Å²) in [5.74, 6) is -7.80. The summed E-state index contributed by atoms with van der Waals surface area (Å²) < 4.78 is 0. The minimum atomic E-state index is -1.62. The second-order valence-corrected chi connectivity index (χ2v) is 8.28. The minimum absolute atomic E-state index is 0.0235. The van der Waals surface area contributed by atoms with Gasteiger partial charge in [0.1, 0.15) is 18.1 Å². The molecule has 17 nitrogen and oxygen atoms in total. The van der Waals surface area contributed by atoms with E-state index in [4.69, 9.17) is 21.7 Å². The Morgan fingerprint density at radius 3 is 1.71 bits per heavy atom. The van der Waals surface area contributed by atoms with Crippen LogP contribution in [0.2, 0.25) is 0 Å². The number of carbonyl (C=O) groups is 7.